The van der Waals surface area contributed by atoms with E-state index in [9.17, 15) is 0 Å². The molecule has 0 rings (SSSR count). The predicted molar refractivity (Wildman–Crippen MR) is 66.7 cm³/mol. The van der Waals surface area contributed by atoms with Gasteiger partial charge >= 0.3 is 0 Å². The molecule has 0 aromatic heterocycles. The molecule has 1 atom stereocenters. The minimum absolute atomic E-state index is 0.975. The first-order chi connectivity index (χ1) is 6.81. The van der Waals surface area contributed by atoms with Crippen LogP contribution in [-0.2, 0) is 0 Å². The van der Waals surface area contributed by atoms with E-state index in [0.29, 0.717) is 0 Å². The van der Waals surface area contributed by atoms with Crippen LogP contribution in [0.5, 0.6) is 0 Å². The molecule has 0 aliphatic carbocycles. The van der Waals surface area contributed by atoms with Crippen LogP contribution in [0.1, 0.15) is 85.0 Å². The van der Waals surface area contributed by atoms with Crippen molar-refractivity contribution in [3.8, 4) is 0 Å². The molecule has 0 aromatic carbocycles. The SMILES string of the molecule is CCCCCCC[C@H](C)CCCCC. The van der Waals surface area contributed by atoms with E-state index in [-0.39, 0.29) is 0 Å². The van der Waals surface area contributed by atoms with Crippen molar-refractivity contribution in [2.45, 2.75) is 85.0 Å². The molecule has 0 nitrogen and oxygen atoms in total. The second-order valence-electron chi connectivity index (χ2n) is 4.80. The summed E-state index contributed by atoms with van der Waals surface area (Å²) in [5, 5.41) is 0. The number of hydrogen-bond acceptors (Lipinski definition) is 0. The minimum atomic E-state index is 0.975. The first kappa shape index (κ1) is 14.0. The third kappa shape index (κ3) is 10.1. The van der Waals surface area contributed by atoms with Crippen LogP contribution in [0.3, 0.4) is 0 Å². The molecule has 0 radical (unpaired) electrons. The van der Waals surface area contributed by atoms with Crippen LogP contribution in [0.2, 0.25) is 0 Å². The summed E-state index contributed by atoms with van der Waals surface area (Å²) in [7, 11) is 0. The highest BCUT2D eigenvalue weighted by atomic mass is 14.1. The van der Waals surface area contributed by atoms with Crippen LogP contribution in [0.4, 0.5) is 0 Å². The summed E-state index contributed by atoms with van der Waals surface area (Å²) in [6.07, 6.45) is 14.4. The van der Waals surface area contributed by atoms with Crippen LogP contribution in [0.15, 0.2) is 0 Å². The third-order valence-corrected chi connectivity index (χ3v) is 3.10. The summed E-state index contributed by atoms with van der Waals surface area (Å²) in [6, 6.07) is 0. The Bertz CT molecular complexity index is 96.2. The molecular formula is C14H30. The highest BCUT2D eigenvalue weighted by Gasteiger charge is 2.00. The summed E-state index contributed by atoms with van der Waals surface area (Å²) in [5.41, 5.74) is 0. The molecule has 0 aliphatic heterocycles. The Labute approximate surface area is 91.5 Å². The topological polar surface area (TPSA) is 0 Å². The number of unbranched alkanes of at least 4 members (excludes halogenated alkanes) is 6. The molecule has 0 heterocycles. The molecule has 0 amide bonds. The Balaban J connectivity index is 3.06. The average Bonchev–Trinajstić information content (AvgIpc) is 2.18. The van der Waals surface area contributed by atoms with Crippen LogP contribution in [0, 0.1) is 5.92 Å². The lowest BCUT2D eigenvalue weighted by molar-refractivity contribution is 0.437. The molecule has 0 N–H and O–H groups in total. The Morgan fingerprint density at radius 1 is 0.643 bits per heavy atom. The standard InChI is InChI=1S/C14H30/c1-4-6-8-9-11-13-14(3)12-10-7-5-2/h14H,4-13H2,1-3H3/t14-/m1/s1. The fourth-order valence-electron chi connectivity index (χ4n) is 1.98. The van der Waals surface area contributed by atoms with Gasteiger partial charge in [0.15, 0.2) is 0 Å². The maximum absolute atomic E-state index is 2.43. The summed E-state index contributed by atoms with van der Waals surface area (Å²) in [4.78, 5) is 0. The Morgan fingerprint density at radius 3 is 1.64 bits per heavy atom. The zero-order valence-corrected chi connectivity index (χ0v) is 10.6. The van der Waals surface area contributed by atoms with Crippen molar-refractivity contribution in [2.75, 3.05) is 0 Å². The van der Waals surface area contributed by atoms with E-state index in [1.807, 2.05) is 0 Å². The minimum Gasteiger partial charge on any atom is -0.0654 e. The summed E-state index contributed by atoms with van der Waals surface area (Å²) < 4.78 is 0. The smallest absolute Gasteiger partial charge is 0.0443 e. The molecule has 0 aromatic rings. The largest absolute Gasteiger partial charge is 0.0654 e. The maximum atomic E-state index is 2.43. The summed E-state index contributed by atoms with van der Waals surface area (Å²) in [6.45, 7) is 7.00. The van der Waals surface area contributed by atoms with Gasteiger partial charge in [-0.1, -0.05) is 85.0 Å². The van der Waals surface area contributed by atoms with Crippen LogP contribution >= 0.6 is 0 Å². The van der Waals surface area contributed by atoms with E-state index in [2.05, 4.69) is 20.8 Å². The zero-order chi connectivity index (χ0) is 10.6. The van der Waals surface area contributed by atoms with Gasteiger partial charge in [0.05, 0.1) is 0 Å². The van der Waals surface area contributed by atoms with Gasteiger partial charge in [-0.05, 0) is 5.92 Å². The predicted octanol–water partition coefficient (Wildman–Crippen LogP) is 5.56. The highest BCUT2D eigenvalue weighted by molar-refractivity contribution is 4.54. The fraction of sp³-hybridized carbons (Fsp3) is 1.00. The van der Waals surface area contributed by atoms with E-state index >= 15 is 0 Å². The number of hydrogen-bond donors (Lipinski definition) is 0. The molecule has 0 saturated heterocycles. The van der Waals surface area contributed by atoms with Gasteiger partial charge in [-0.15, -0.1) is 0 Å². The van der Waals surface area contributed by atoms with Gasteiger partial charge in [0.2, 0.25) is 0 Å². The van der Waals surface area contributed by atoms with Gasteiger partial charge in [0.1, 0.15) is 0 Å². The van der Waals surface area contributed by atoms with Crippen molar-refractivity contribution in [3.05, 3.63) is 0 Å². The Morgan fingerprint density at radius 2 is 1.07 bits per heavy atom. The highest BCUT2D eigenvalue weighted by Crippen LogP contribution is 2.17. The molecule has 0 bridgehead atoms. The van der Waals surface area contributed by atoms with Gasteiger partial charge in [-0.25, -0.2) is 0 Å². The van der Waals surface area contributed by atoms with Crippen LogP contribution < -0.4 is 0 Å². The zero-order valence-electron chi connectivity index (χ0n) is 10.6. The van der Waals surface area contributed by atoms with E-state index in [1.54, 1.807) is 0 Å². The molecule has 86 valence electrons. The number of rotatable bonds is 10. The molecule has 0 heteroatoms. The third-order valence-electron chi connectivity index (χ3n) is 3.10. The Hall–Kier alpha value is 0. The lowest BCUT2D eigenvalue weighted by atomic mass is 9.96. The first-order valence-corrected chi connectivity index (χ1v) is 6.81. The van der Waals surface area contributed by atoms with Gasteiger partial charge in [-0.2, -0.15) is 0 Å². The molecule has 0 spiro atoms. The molecule has 0 aliphatic rings. The lowest BCUT2D eigenvalue weighted by Gasteiger charge is -2.10. The van der Waals surface area contributed by atoms with Gasteiger partial charge in [0.25, 0.3) is 0 Å². The fourth-order valence-corrected chi connectivity index (χ4v) is 1.98. The second-order valence-corrected chi connectivity index (χ2v) is 4.80. The molecule has 14 heavy (non-hydrogen) atoms. The summed E-state index contributed by atoms with van der Waals surface area (Å²) in [5.74, 6) is 0.975. The summed E-state index contributed by atoms with van der Waals surface area (Å²) >= 11 is 0. The van der Waals surface area contributed by atoms with Crippen molar-refractivity contribution in [2.24, 2.45) is 5.92 Å². The van der Waals surface area contributed by atoms with Crippen LogP contribution in [0.25, 0.3) is 0 Å². The normalized spacial score (nSPS) is 13.1. The van der Waals surface area contributed by atoms with Crippen LogP contribution in [-0.4, -0.2) is 0 Å². The van der Waals surface area contributed by atoms with E-state index in [1.165, 1.54) is 64.2 Å². The van der Waals surface area contributed by atoms with E-state index in [0.717, 1.165) is 5.92 Å². The Kier molecular flexibility index (Phi) is 11.1. The van der Waals surface area contributed by atoms with Gasteiger partial charge < -0.3 is 0 Å². The maximum Gasteiger partial charge on any atom is -0.0443 e. The molecule has 0 unspecified atom stereocenters. The van der Waals surface area contributed by atoms with Gasteiger partial charge in [-0.3, -0.25) is 0 Å². The van der Waals surface area contributed by atoms with Gasteiger partial charge in [0, 0.05) is 0 Å². The quantitative estimate of drug-likeness (QED) is 0.403. The van der Waals surface area contributed by atoms with Crippen molar-refractivity contribution in [1.29, 1.82) is 0 Å². The van der Waals surface area contributed by atoms with E-state index < -0.39 is 0 Å². The second kappa shape index (κ2) is 11.1. The first-order valence-electron chi connectivity index (χ1n) is 6.81. The van der Waals surface area contributed by atoms with Crippen molar-refractivity contribution >= 4 is 0 Å². The van der Waals surface area contributed by atoms with Crippen molar-refractivity contribution in [1.82, 2.24) is 0 Å². The van der Waals surface area contributed by atoms with E-state index in [4.69, 9.17) is 0 Å². The molecular weight excluding hydrogens is 168 g/mol. The lowest BCUT2D eigenvalue weighted by Crippen LogP contribution is -1.94. The molecule has 0 saturated carbocycles. The monoisotopic (exact) mass is 198 g/mol. The van der Waals surface area contributed by atoms with Crippen molar-refractivity contribution < 1.29 is 0 Å². The van der Waals surface area contributed by atoms with Crippen molar-refractivity contribution in [3.63, 3.8) is 0 Å². The average molecular weight is 198 g/mol. The molecule has 0 fully saturated rings.